The topological polar surface area (TPSA) is 136 Å². The summed E-state index contributed by atoms with van der Waals surface area (Å²) in [5.74, 6) is -0.217. The lowest BCUT2D eigenvalue weighted by atomic mass is 10.1. The number of carbonyl (C=O) groups is 2. The van der Waals surface area contributed by atoms with Crippen LogP contribution in [0.4, 0.5) is 16.2 Å². The van der Waals surface area contributed by atoms with Crippen molar-refractivity contribution in [2.24, 2.45) is 0 Å². The normalized spacial score (nSPS) is 14.7. The number of nitrogens with zero attached hydrogens (tertiary/aromatic N) is 4. The minimum atomic E-state index is -0.722. The number of benzene rings is 1. The highest BCUT2D eigenvalue weighted by molar-refractivity contribution is 5.94. The number of non-ortho nitro benzene ring substituents is 1. The maximum atomic E-state index is 12.1. The molecule has 156 valence electrons. The lowest BCUT2D eigenvalue weighted by Crippen LogP contribution is -2.49. The van der Waals surface area contributed by atoms with E-state index in [2.05, 4.69) is 4.90 Å². The van der Waals surface area contributed by atoms with Crippen molar-refractivity contribution >= 4 is 29.3 Å². The molecule has 0 atom stereocenters. The van der Waals surface area contributed by atoms with Gasteiger partial charge in [0.2, 0.25) is 0 Å². The van der Waals surface area contributed by atoms with Crippen LogP contribution in [0, 0.1) is 20.2 Å². The quantitative estimate of drug-likeness (QED) is 0.364. The first-order chi connectivity index (χ1) is 13.8. The Kier molecular flexibility index (Phi) is 7.78. The van der Waals surface area contributed by atoms with E-state index in [9.17, 15) is 29.8 Å². The third kappa shape index (κ3) is 6.35. The van der Waals surface area contributed by atoms with Crippen LogP contribution >= 0.6 is 0 Å². The van der Waals surface area contributed by atoms with E-state index < -0.39 is 15.5 Å². The molecule has 1 aromatic rings. The van der Waals surface area contributed by atoms with Crippen molar-refractivity contribution in [3.8, 4) is 0 Å². The van der Waals surface area contributed by atoms with Crippen molar-refractivity contribution in [1.29, 1.82) is 0 Å². The van der Waals surface area contributed by atoms with Gasteiger partial charge in [0.25, 0.3) is 11.4 Å². The van der Waals surface area contributed by atoms with Gasteiger partial charge in [0.15, 0.2) is 5.78 Å². The standard InChI is InChI=1S/C18H22N4O7/c1-2-29-18(24)20-11-9-19(10-12-20)8-7-16(23)6-4-14-3-5-15(21(25)26)13-17(14)22(27)28/h3-6,13H,2,7-12H2,1H3. The largest absolute Gasteiger partial charge is 0.450 e. The number of hydrogen-bond acceptors (Lipinski definition) is 8. The molecule has 1 fully saturated rings. The Labute approximate surface area is 166 Å². The highest BCUT2D eigenvalue weighted by atomic mass is 16.6. The summed E-state index contributed by atoms with van der Waals surface area (Å²) in [7, 11) is 0. The summed E-state index contributed by atoms with van der Waals surface area (Å²) >= 11 is 0. The molecule has 0 aromatic heterocycles. The maximum Gasteiger partial charge on any atom is 0.409 e. The second-order valence-electron chi connectivity index (χ2n) is 6.33. The Morgan fingerprint density at radius 1 is 1.14 bits per heavy atom. The Balaban J connectivity index is 1.87. The fourth-order valence-corrected chi connectivity index (χ4v) is 2.85. The van der Waals surface area contributed by atoms with Crippen LogP contribution in [-0.2, 0) is 9.53 Å². The summed E-state index contributed by atoms with van der Waals surface area (Å²) in [6.07, 6.45) is 2.42. The van der Waals surface area contributed by atoms with E-state index in [0.717, 1.165) is 12.1 Å². The van der Waals surface area contributed by atoms with Crippen molar-refractivity contribution in [1.82, 2.24) is 9.80 Å². The van der Waals surface area contributed by atoms with Gasteiger partial charge in [-0.2, -0.15) is 0 Å². The molecule has 1 heterocycles. The van der Waals surface area contributed by atoms with Crippen LogP contribution in [0.2, 0.25) is 0 Å². The Morgan fingerprint density at radius 3 is 2.41 bits per heavy atom. The molecule has 0 spiro atoms. The molecule has 0 unspecified atom stereocenters. The van der Waals surface area contributed by atoms with Crippen LogP contribution in [-0.4, -0.2) is 70.9 Å². The molecule has 1 amide bonds. The molecule has 11 nitrogen and oxygen atoms in total. The number of amides is 1. The Bertz CT molecular complexity index is 816. The molecule has 0 radical (unpaired) electrons. The number of nitro benzene ring substituents is 2. The first-order valence-electron chi connectivity index (χ1n) is 9.09. The number of carbonyl (C=O) groups excluding carboxylic acids is 2. The van der Waals surface area contributed by atoms with Gasteiger partial charge in [0.05, 0.1) is 28.1 Å². The van der Waals surface area contributed by atoms with Gasteiger partial charge in [-0.1, -0.05) is 0 Å². The van der Waals surface area contributed by atoms with E-state index in [4.69, 9.17) is 4.74 Å². The number of nitro groups is 2. The van der Waals surface area contributed by atoms with Gasteiger partial charge >= 0.3 is 6.09 Å². The molecule has 29 heavy (non-hydrogen) atoms. The first-order valence-corrected chi connectivity index (χ1v) is 9.09. The molecular weight excluding hydrogens is 384 g/mol. The van der Waals surface area contributed by atoms with Gasteiger partial charge in [-0.25, -0.2) is 4.79 Å². The van der Waals surface area contributed by atoms with E-state index in [1.165, 1.54) is 18.2 Å². The van der Waals surface area contributed by atoms with E-state index in [0.29, 0.717) is 39.3 Å². The number of rotatable bonds is 8. The second kappa shape index (κ2) is 10.3. The van der Waals surface area contributed by atoms with E-state index in [1.54, 1.807) is 11.8 Å². The number of ketones is 1. The average Bonchev–Trinajstić information content (AvgIpc) is 2.70. The lowest BCUT2D eigenvalue weighted by molar-refractivity contribution is -0.394. The SMILES string of the molecule is CCOC(=O)N1CCN(CCC(=O)C=Cc2ccc([N+](=O)[O-])cc2[N+](=O)[O-])CC1. The summed E-state index contributed by atoms with van der Waals surface area (Å²) in [6.45, 7) is 4.89. The van der Waals surface area contributed by atoms with Crippen LogP contribution in [0.15, 0.2) is 24.3 Å². The Morgan fingerprint density at radius 2 is 1.83 bits per heavy atom. The molecule has 1 aromatic carbocycles. The van der Waals surface area contributed by atoms with Crippen molar-refractivity contribution in [2.45, 2.75) is 13.3 Å². The second-order valence-corrected chi connectivity index (χ2v) is 6.33. The fraction of sp³-hybridized carbons (Fsp3) is 0.444. The molecule has 2 rings (SSSR count). The molecule has 0 N–H and O–H groups in total. The van der Waals surface area contributed by atoms with Gasteiger partial charge in [0, 0.05) is 45.2 Å². The lowest BCUT2D eigenvalue weighted by Gasteiger charge is -2.33. The van der Waals surface area contributed by atoms with Crippen molar-refractivity contribution in [3.05, 3.63) is 50.1 Å². The summed E-state index contributed by atoms with van der Waals surface area (Å²) in [6, 6.07) is 3.27. The predicted octanol–water partition coefficient (Wildman–Crippen LogP) is 2.25. The van der Waals surface area contributed by atoms with Gasteiger partial charge in [-0.15, -0.1) is 0 Å². The van der Waals surface area contributed by atoms with Gasteiger partial charge in [0.1, 0.15) is 0 Å². The van der Waals surface area contributed by atoms with Gasteiger partial charge in [-0.3, -0.25) is 29.9 Å². The minimum Gasteiger partial charge on any atom is -0.450 e. The third-order valence-electron chi connectivity index (χ3n) is 4.44. The Hall–Kier alpha value is -3.34. The fourth-order valence-electron chi connectivity index (χ4n) is 2.85. The van der Waals surface area contributed by atoms with Crippen LogP contribution in [0.1, 0.15) is 18.9 Å². The monoisotopic (exact) mass is 406 g/mol. The predicted molar refractivity (Wildman–Crippen MR) is 103 cm³/mol. The summed E-state index contributed by atoms with van der Waals surface area (Å²) < 4.78 is 4.96. The van der Waals surface area contributed by atoms with Gasteiger partial charge < -0.3 is 9.64 Å². The zero-order valence-corrected chi connectivity index (χ0v) is 16.0. The third-order valence-corrected chi connectivity index (χ3v) is 4.44. The minimum absolute atomic E-state index is 0.122. The van der Waals surface area contributed by atoms with E-state index >= 15 is 0 Å². The number of allylic oxidation sites excluding steroid dienone is 1. The average molecular weight is 406 g/mol. The molecule has 1 saturated heterocycles. The summed E-state index contributed by atoms with van der Waals surface area (Å²) in [5.41, 5.74) is -0.697. The zero-order chi connectivity index (χ0) is 21.4. The van der Waals surface area contributed by atoms with Gasteiger partial charge in [-0.05, 0) is 25.1 Å². The first kappa shape index (κ1) is 22.0. The van der Waals surface area contributed by atoms with Crippen molar-refractivity contribution < 1.29 is 24.2 Å². The van der Waals surface area contributed by atoms with E-state index in [1.807, 2.05) is 0 Å². The van der Waals surface area contributed by atoms with Crippen LogP contribution in [0.5, 0.6) is 0 Å². The summed E-state index contributed by atoms with van der Waals surface area (Å²) in [5, 5.41) is 21.9. The molecule has 0 aliphatic carbocycles. The number of ether oxygens (including phenoxy) is 1. The van der Waals surface area contributed by atoms with Crippen molar-refractivity contribution in [2.75, 3.05) is 39.3 Å². The van der Waals surface area contributed by atoms with Crippen LogP contribution in [0.3, 0.4) is 0 Å². The highest BCUT2D eigenvalue weighted by Gasteiger charge is 2.22. The molecular formula is C18H22N4O7. The molecule has 1 aliphatic heterocycles. The summed E-state index contributed by atoms with van der Waals surface area (Å²) in [4.78, 5) is 47.9. The van der Waals surface area contributed by atoms with Crippen LogP contribution < -0.4 is 0 Å². The maximum absolute atomic E-state index is 12.1. The van der Waals surface area contributed by atoms with Crippen LogP contribution in [0.25, 0.3) is 6.08 Å². The van der Waals surface area contributed by atoms with Crippen molar-refractivity contribution in [3.63, 3.8) is 0 Å². The number of piperazine rings is 1. The molecule has 0 saturated carbocycles. The smallest absolute Gasteiger partial charge is 0.409 e. The number of hydrogen-bond donors (Lipinski definition) is 0. The molecule has 0 bridgehead atoms. The van der Waals surface area contributed by atoms with E-state index in [-0.39, 0.29) is 29.5 Å². The molecule has 11 heteroatoms. The highest BCUT2D eigenvalue weighted by Crippen LogP contribution is 2.25. The molecule has 1 aliphatic rings. The zero-order valence-electron chi connectivity index (χ0n) is 16.0.